The van der Waals surface area contributed by atoms with Crippen LogP contribution in [0.5, 0.6) is 0 Å². The van der Waals surface area contributed by atoms with Crippen LogP contribution < -0.4 is 5.73 Å². The topological polar surface area (TPSA) is 27.0 Å². The van der Waals surface area contributed by atoms with E-state index in [1.807, 2.05) is 0 Å². The van der Waals surface area contributed by atoms with Crippen LogP contribution in [0.25, 0.3) is 0 Å². The van der Waals surface area contributed by atoms with Crippen LogP contribution in [0.1, 0.15) is 44.9 Å². The van der Waals surface area contributed by atoms with E-state index in [1.54, 1.807) is 0 Å². The fourth-order valence-corrected chi connectivity index (χ4v) is 2.64. The Hall–Kier alpha value is -0.0800. The van der Waals surface area contributed by atoms with Crippen LogP contribution in [0.4, 0.5) is 0 Å². The van der Waals surface area contributed by atoms with Crippen LogP contribution in [0.15, 0.2) is 0 Å². The number of likely N-dealkylation sites (tertiary alicyclic amines) is 1. The average Bonchev–Trinajstić information content (AvgIpc) is 2.53. The lowest BCUT2D eigenvalue weighted by molar-refractivity contribution is 0.141. The van der Waals surface area contributed by atoms with Gasteiger partial charge >= 0.3 is 0 Å². The van der Waals surface area contributed by atoms with Crippen LogP contribution in [0.2, 0.25) is 0 Å². The molecule has 2 nitrogen and oxygen atoms in total. The van der Waals surface area contributed by atoms with Gasteiger partial charge in [-0.1, -0.05) is 19.3 Å². The van der Waals surface area contributed by atoms with E-state index in [0.717, 1.165) is 12.5 Å². The number of nitrogens with zero attached hydrogens (tertiary/aromatic N) is 1. The smallest absolute Gasteiger partial charge is 0.0732 e. The van der Waals surface area contributed by atoms with Gasteiger partial charge in [-0.05, 0) is 25.7 Å². The largest absolute Gasteiger partial charge is 0.284 e. The molecule has 2 heteroatoms. The summed E-state index contributed by atoms with van der Waals surface area (Å²) in [6.45, 7) is 1.19. The third kappa shape index (κ3) is 1.64. The monoisotopic (exact) mass is 167 g/mol. The second kappa shape index (κ2) is 3.75. The molecule has 12 heavy (non-hydrogen) atoms. The van der Waals surface area contributed by atoms with Gasteiger partial charge < -0.3 is 0 Å². The Morgan fingerprint density at radius 1 is 0.917 bits per heavy atom. The molecule has 1 unspecified atom stereocenters. The van der Waals surface area contributed by atoms with Gasteiger partial charge in [-0.2, -0.15) is 0 Å². The Labute approximate surface area is 75.1 Å². The zero-order valence-corrected chi connectivity index (χ0v) is 7.76. The molecular weight excluding hydrogens is 148 g/mol. The molecule has 69 valence electrons. The maximum atomic E-state index is 7.85. The Kier molecular flexibility index (Phi) is 2.66. The minimum atomic E-state index is 0.132. The average molecular weight is 167 g/mol. The summed E-state index contributed by atoms with van der Waals surface area (Å²) in [6, 6.07) is 0.767. The van der Waals surface area contributed by atoms with Crippen molar-refractivity contribution in [2.24, 2.45) is 0 Å². The summed E-state index contributed by atoms with van der Waals surface area (Å²) in [6.07, 6.45) is 9.42. The third-order valence-electron chi connectivity index (χ3n) is 3.34. The quantitative estimate of drug-likeness (QED) is 0.587. The SMILES string of the molecule is [NH]C1CCCN1C1CCCCC1. The maximum Gasteiger partial charge on any atom is 0.0732 e. The molecule has 0 amide bonds. The molecule has 2 rings (SSSR count). The van der Waals surface area contributed by atoms with Crippen molar-refractivity contribution in [1.82, 2.24) is 10.6 Å². The Morgan fingerprint density at radius 2 is 1.67 bits per heavy atom. The van der Waals surface area contributed by atoms with E-state index < -0.39 is 0 Å². The van der Waals surface area contributed by atoms with Gasteiger partial charge in [0.25, 0.3) is 0 Å². The van der Waals surface area contributed by atoms with Gasteiger partial charge in [-0.15, -0.1) is 0 Å². The molecule has 1 heterocycles. The summed E-state index contributed by atoms with van der Waals surface area (Å²) in [4.78, 5) is 2.43. The van der Waals surface area contributed by atoms with E-state index in [1.165, 1.54) is 45.1 Å². The van der Waals surface area contributed by atoms with E-state index in [9.17, 15) is 0 Å². The van der Waals surface area contributed by atoms with E-state index in [-0.39, 0.29) is 6.17 Å². The van der Waals surface area contributed by atoms with Crippen LogP contribution in [0, 0.1) is 0 Å². The molecule has 0 spiro atoms. The fourth-order valence-electron chi connectivity index (χ4n) is 2.64. The molecule has 1 radical (unpaired) electrons. The lowest BCUT2D eigenvalue weighted by Gasteiger charge is -2.33. The summed E-state index contributed by atoms with van der Waals surface area (Å²) in [5, 5.41) is 0. The first-order valence-electron chi connectivity index (χ1n) is 5.35. The molecule has 2 fully saturated rings. The summed E-state index contributed by atoms with van der Waals surface area (Å²) >= 11 is 0. The molecule has 1 saturated heterocycles. The van der Waals surface area contributed by atoms with E-state index in [4.69, 9.17) is 5.73 Å². The van der Waals surface area contributed by atoms with Crippen molar-refractivity contribution < 1.29 is 0 Å². The molecule has 2 aliphatic rings. The van der Waals surface area contributed by atoms with Crippen molar-refractivity contribution in [1.29, 1.82) is 0 Å². The highest BCUT2D eigenvalue weighted by Gasteiger charge is 2.29. The number of hydrogen-bond acceptors (Lipinski definition) is 1. The summed E-state index contributed by atoms with van der Waals surface area (Å²) in [5.74, 6) is 0. The molecule has 1 atom stereocenters. The van der Waals surface area contributed by atoms with Gasteiger partial charge in [0.2, 0.25) is 0 Å². The first-order valence-corrected chi connectivity index (χ1v) is 5.35. The summed E-state index contributed by atoms with van der Waals surface area (Å²) < 4.78 is 0. The van der Waals surface area contributed by atoms with E-state index in [0.29, 0.717) is 0 Å². The minimum Gasteiger partial charge on any atom is -0.284 e. The van der Waals surface area contributed by atoms with E-state index in [2.05, 4.69) is 4.90 Å². The number of nitrogens with one attached hydrogen (secondary N) is 1. The van der Waals surface area contributed by atoms with Gasteiger partial charge in [-0.3, -0.25) is 4.90 Å². The van der Waals surface area contributed by atoms with E-state index >= 15 is 0 Å². The Bertz CT molecular complexity index is 141. The highest BCUT2D eigenvalue weighted by molar-refractivity contribution is 4.82. The van der Waals surface area contributed by atoms with Crippen molar-refractivity contribution >= 4 is 0 Å². The molecule has 0 aromatic carbocycles. The van der Waals surface area contributed by atoms with Gasteiger partial charge in [-0.25, -0.2) is 5.73 Å². The molecular formula is C10H19N2. The van der Waals surface area contributed by atoms with Crippen LogP contribution in [-0.4, -0.2) is 23.7 Å². The summed E-state index contributed by atoms with van der Waals surface area (Å²) in [5.41, 5.74) is 7.85. The second-order valence-corrected chi connectivity index (χ2v) is 4.19. The van der Waals surface area contributed by atoms with Crippen molar-refractivity contribution in [3.05, 3.63) is 0 Å². The highest BCUT2D eigenvalue weighted by atomic mass is 15.3. The lowest BCUT2D eigenvalue weighted by atomic mass is 9.94. The fraction of sp³-hybridized carbons (Fsp3) is 1.00. The highest BCUT2D eigenvalue weighted by Crippen LogP contribution is 2.27. The Morgan fingerprint density at radius 3 is 2.25 bits per heavy atom. The minimum absolute atomic E-state index is 0.132. The predicted molar refractivity (Wildman–Crippen MR) is 49.7 cm³/mol. The number of rotatable bonds is 1. The molecule has 1 saturated carbocycles. The summed E-state index contributed by atoms with van der Waals surface area (Å²) in [7, 11) is 0. The van der Waals surface area contributed by atoms with Gasteiger partial charge in [0, 0.05) is 12.6 Å². The van der Waals surface area contributed by atoms with Crippen LogP contribution in [0.3, 0.4) is 0 Å². The Balaban J connectivity index is 1.89. The third-order valence-corrected chi connectivity index (χ3v) is 3.34. The van der Waals surface area contributed by atoms with Crippen molar-refractivity contribution in [2.45, 2.75) is 57.2 Å². The van der Waals surface area contributed by atoms with Gasteiger partial charge in [0.05, 0.1) is 6.17 Å². The molecule has 1 N–H and O–H groups in total. The second-order valence-electron chi connectivity index (χ2n) is 4.19. The zero-order valence-electron chi connectivity index (χ0n) is 7.76. The van der Waals surface area contributed by atoms with Crippen molar-refractivity contribution in [3.63, 3.8) is 0 Å². The van der Waals surface area contributed by atoms with Crippen LogP contribution >= 0.6 is 0 Å². The van der Waals surface area contributed by atoms with Crippen LogP contribution in [-0.2, 0) is 0 Å². The lowest BCUT2D eigenvalue weighted by Crippen LogP contribution is -2.40. The number of hydrogen-bond donors (Lipinski definition) is 0. The molecule has 1 aliphatic heterocycles. The molecule has 0 aromatic rings. The molecule has 0 bridgehead atoms. The molecule has 1 aliphatic carbocycles. The maximum absolute atomic E-state index is 7.85. The molecule has 0 aromatic heterocycles. The van der Waals surface area contributed by atoms with Crippen molar-refractivity contribution in [3.8, 4) is 0 Å². The van der Waals surface area contributed by atoms with Gasteiger partial charge in [0.1, 0.15) is 0 Å². The normalized spacial score (nSPS) is 34.2. The zero-order chi connectivity index (χ0) is 8.39. The predicted octanol–water partition coefficient (Wildman–Crippen LogP) is 2.02. The van der Waals surface area contributed by atoms with Crippen molar-refractivity contribution in [2.75, 3.05) is 6.54 Å². The van der Waals surface area contributed by atoms with Gasteiger partial charge in [0.15, 0.2) is 0 Å². The first kappa shape index (κ1) is 8.52. The standard InChI is InChI=1S/C10H19N2/c11-10-7-4-8-12(10)9-5-2-1-3-6-9/h9-11H,1-8H2. The first-order chi connectivity index (χ1) is 5.88.